The number of nitrogens with zero attached hydrogens (tertiary/aromatic N) is 4. The molecule has 0 radical (unpaired) electrons. The molecule has 4 atom stereocenters. The molecule has 58 heavy (non-hydrogen) atoms. The van der Waals surface area contributed by atoms with Crippen molar-refractivity contribution < 1.29 is 28.7 Å². The van der Waals surface area contributed by atoms with Crippen LogP contribution in [0.2, 0.25) is 0 Å². The molecule has 1 fully saturated rings. The van der Waals surface area contributed by atoms with E-state index in [0.29, 0.717) is 29.3 Å². The van der Waals surface area contributed by atoms with Gasteiger partial charge < -0.3 is 40.3 Å². The maximum absolute atomic E-state index is 13.8. The number of carbonyl (C=O) groups excluding carboxylic acids is 4. The molecule has 0 bridgehead atoms. The molecule has 5 N–H and O–H groups in total. The van der Waals surface area contributed by atoms with E-state index in [4.69, 9.17) is 14.5 Å². The summed E-state index contributed by atoms with van der Waals surface area (Å²) in [7, 11) is 2.70. The maximum atomic E-state index is 13.8. The number of aromatic nitrogens is 5. The summed E-state index contributed by atoms with van der Waals surface area (Å²) in [5.74, 6) is 0.490. The molecule has 0 saturated carbocycles. The molecule has 15 nitrogen and oxygen atoms in total. The number of hydrogen-bond acceptors (Lipinski definition) is 9. The van der Waals surface area contributed by atoms with Gasteiger partial charge in [-0.1, -0.05) is 84.9 Å². The van der Waals surface area contributed by atoms with Crippen LogP contribution in [0, 0.1) is 0 Å². The van der Waals surface area contributed by atoms with Crippen LogP contribution >= 0.6 is 0 Å². The van der Waals surface area contributed by atoms with E-state index in [-0.39, 0.29) is 11.9 Å². The molecule has 3 aromatic carbocycles. The lowest BCUT2D eigenvalue weighted by Crippen LogP contribution is -2.41. The van der Waals surface area contributed by atoms with Crippen LogP contribution < -0.4 is 16.0 Å². The highest BCUT2D eigenvalue weighted by atomic mass is 16.6. The minimum absolute atomic E-state index is 0.294. The molecule has 6 aromatic rings. The van der Waals surface area contributed by atoms with Crippen molar-refractivity contribution in [2.45, 2.75) is 44.0 Å². The molecule has 0 spiro atoms. The number of methoxy groups -OCH3 is 1. The zero-order chi connectivity index (χ0) is 40.6. The highest BCUT2D eigenvalue weighted by Gasteiger charge is 2.38. The molecule has 0 aliphatic carbocycles. The minimum atomic E-state index is -1.08. The topological polar surface area (TPSA) is 196 Å². The summed E-state index contributed by atoms with van der Waals surface area (Å²) in [5.41, 5.74) is 6.17. The Hall–Kier alpha value is -7.29. The van der Waals surface area contributed by atoms with E-state index in [2.05, 4.69) is 35.9 Å². The number of likely N-dealkylation sites (tertiary alicyclic amines) is 1. The first-order valence-corrected chi connectivity index (χ1v) is 18.8. The van der Waals surface area contributed by atoms with Gasteiger partial charge in [0.2, 0.25) is 12.0 Å². The van der Waals surface area contributed by atoms with E-state index < -0.39 is 36.3 Å². The lowest BCUT2D eigenvalue weighted by molar-refractivity contribution is -0.141. The summed E-state index contributed by atoms with van der Waals surface area (Å²) < 4.78 is 10.3. The van der Waals surface area contributed by atoms with Gasteiger partial charge in [-0.3, -0.25) is 14.6 Å². The molecule has 3 aromatic heterocycles. The summed E-state index contributed by atoms with van der Waals surface area (Å²) in [6.07, 6.45) is 4.24. The molecular formula is C43H43N9O6. The first kappa shape index (κ1) is 39.0. The number of hydrogen-bond donors (Lipinski definition) is 5. The molecule has 4 amide bonds. The number of alkyl carbamates (subject to hydrolysis) is 2. The minimum Gasteiger partial charge on any atom is -0.453 e. The lowest BCUT2D eigenvalue weighted by atomic mass is 10.1. The second-order valence-electron chi connectivity index (χ2n) is 13.7. The predicted octanol–water partition coefficient (Wildman–Crippen LogP) is 6.56. The van der Waals surface area contributed by atoms with Gasteiger partial charge in [-0.05, 0) is 43.0 Å². The van der Waals surface area contributed by atoms with Crippen LogP contribution in [0.5, 0.6) is 0 Å². The Bertz CT molecular complexity index is 2350. The number of amides is 4. The second-order valence-corrected chi connectivity index (χ2v) is 13.7. The fourth-order valence-electron chi connectivity index (χ4n) is 6.91. The van der Waals surface area contributed by atoms with Crippen molar-refractivity contribution in [2.75, 3.05) is 20.7 Å². The number of imidazole rings is 2. The Morgan fingerprint density at radius 3 is 2.07 bits per heavy atom. The van der Waals surface area contributed by atoms with Crippen LogP contribution in [0.1, 0.15) is 66.8 Å². The average molecular weight is 782 g/mol. The van der Waals surface area contributed by atoms with E-state index in [9.17, 15) is 19.2 Å². The second kappa shape index (κ2) is 17.7. The Labute approximate surface area is 334 Å². The van der Waals surface area contributed by atoms with Crippen LogP contribution in [0.4, 0.5) is 9.59 Å². The third kappa shape index (κ3) is 8.73. The van der Waals surface area contributed by atoms with Gasteiger partial charge in [-0.25, -0.2) is 19.6 Å². The first-order valence-electron chi connectivity index (χ1n) is 18.8. The van der Waals surface area contributed by atoms with Crippen molar-refractivity contribution in [3.05, 3.63) is 138 Å². The summed E-state index contributed by atoms with van der Waals surface area (Å²) in [4.78, 5) is 73.5. The molecular weight excluding hydrogens is 739 g/mol. The number of H-pyrrole nitrogens is 2. The standard InChI is InChI=1S/C43H43N9O6/c1-26(48-40(53)36(51-43(56)57-3)29-11-6-4-7-12-29)38-46-25-34(49-38)31-20-21-32(45-23-31)27-16-18-28(19-17-27)33-24-47-39(50-33)35-15-10-22-52(35)41(54)37(58-42(55)44-2)30-13-8-5-9-14-30/h4-9,11-14,16-21,23-26,35-37H,10,15,22H2,1-3H3,(H,44,55)(H,46,49)(H,47,50)(H,48,53)(H,51,56)/t26-,35+,36-,37?/m1/s1. The van der Waals surface area contributed by atoms with Crippen molar-refractivity contribution >= 4 is 24.0 Å². The van der Waals surface area contributed by atoms with Crippen LogP contribution in [-0.4, -0.2) is 74.5 Å². The number of rotatable bonds is 12. The van der Waals surface area contributed by atoms with Crippen LogP contribution in [0.25, 0.3) is 33.8 Å². The lowest BCUT2D eigenvalue weighted by Gasteiger charge is -2.28. The fraction of sp³-hybridized carbons (Fsp3) is 0.233. The zero-order valence-corrected chi connectivity index (χ0v) is 32.1. The highest BCUT2D eigenvalue weighted by Crippen LogP contribution is 2.35. The number of benzene rings is 3. The van der Waals surface area contributed by atoms with Gasteiger partial charge in [0.05, 0.1) is 48.7 Å². The van der Waals surface area contributed by atoms with Gasteiger partial charge >= 0.3 is 12.2 Å². The summed E-state index contributed by atoms with van der Waals surface area (Å²) >= 11 is 0. The Morgan fingerprint density at radius 1 is 0.741 bits per heavy atom. The zero-order valence-electron chi connectivity index (χ0n) is 32.1. The van der Waals surface area contributed by atoms with Crippen molar-refractivity contribution in [3.63, 3.8) is 0 Å². The van der Waals surface area contributed by atoms with Gasteiger partial charge in [-0.2, -0.15) is 0 Å². The predicted molar refractivity (Wildman–Crippen MR) is 215 cm³/mol. The summed E-state index contributed by atoms with van der Waals surface area (Å²) in [5, 5.41) is 7.95. The van der Waals surface area contributed by atoms with E-state index in [1.807, 2.05) is 48.5 Å². The number of nitrogens with one attached hydrogen (secondary N) is 5. The van der Waals surface area contributed by atoms with Gasteiger partial charge in [0.1, 0.15) is 17.7 Å². The molecule has 4 heterocycles. The van der Waals surface area contributed by atoms with Crippen molar-refractivity contribution in [1.82, 2.24) is 45.8 Å². The number of aromatic amines is 2. The van der Waals surface area contributed by atoms with Crippen molar-refractivity contribution in [2.24, 2.45) is 0 Å². The van der Waals surface area contributed by atoms with Gasteiger partial charge in [-0.15, -0.1) is 0 Å². The van der Waals surface area contributed by atoms with Crippen molar-refractivity contribution in [1.29, 1.82) is 0 Å². The number of pyridine rings is 1. The normalized spacial score (nSPS) is 15.2. The third-order valence-corrected chi connectivity index (χ3v) is 9.98. The van der Waals surface area contributed by atoms with Crippen LogP contribution in [0.15, 0.2) is 116 Å². The van der Waals surface area contributed by atoms with E-state index in [0.717, 1.165) is 46.6 Å². The largest absolute Gasteiger partial charge is 0.453 e. The summed E-state index contributed by atoms with van der Waals surface area (Å²) in [6.45, 7) is 2.32. The Balaban J connectivity index is 0.990. The maximum Gasteiger partial charge on any atom is 0.408 e. The molecule has 15 heteroatoms. The Kier molecular flexibility index (Phi) is 11.9. The first-order chi connectivity index (χ1) is 28.2. The van der Waals surface area contributed by atoms with E-state index in [1.165, 1.54) is 14.2 Å². The summed E-state index contributed by atoms with van der Waals surface area (Å²) in [6, 6.07) is 28.0. The van der Waals surface area contributed by atoms with E-state index >= 15 is 0 Å². The molecule has 1 aliphatic rings. The quantitative estimate of drug-likeness (QED) is 0.0913. The van der Waals surface area contributed by atoms with Crippen LogP contribution in [0.3, 0.4) is 0 Å². The monoisotopic (exact) mass is 781 g/mol. The number of carbonyl (C=O) groups is 4. The fourth-order valence-corrected chi connectivity index (χ4v) is 6.91. The van der Waals surface area contributed by atoms with Gasteiger partial charge in [0.15, 0.2) is 0 Å². The van der Waals surface area contributed by atoms with Crippen LogP contribution in [-0.2, 0) is 19.1 Å². The third-order valence-electron chi connectivity index (χ3n) is 9.98. The highest BCUT2D eigenvalue weighted by molar-refractivity contribution is 5.87. The SMILES string of the molecule is CNC(=O)OC(C(=O)N1CCC[C@H]1c1ncc(-c2ccc(-c3ccc(-c4cnc([C@@H](C)NC(=O)[C@H](NC(=O)OC)c5ccccc5)[nH]4)cn3)cc2)[nH]1)c1ccccc1. The van der Waals surface area contributed by atoms with E-state index in [1.54, 1.807) is 78.9 Å². The van der Waals surface area contributed by atoms with Crippen molar-refractivity contribution in [3.8, 4) is 33.8 Å². The molecule has 1 aliphatic heterocycles. The van der Waals surface area contributed by atoms with Gasteiger partial charge in [0, 0.05) is 36.5 Å². The molecule has 296 valence electrons. The van der Waals surface area contributed by atoms with Gasteiger partial charge in [0.25, 0.3) is 5.91 Å². The smallest absolute Gasteiger partial charge is 0.408 e. The molecule has 1 unspecified atom stereocenters. The molecule has 7 rings (SSSR count). The average Bonchev–Trinajstić information content (AvgIpc) is 4.07. The Morgan fingerprint density at radius 2 is 1.40 bits per heavy atom. The molecule has 1 saturated heterocycles. The number of ether oxygens (including phenoxy) is 2.